The van der Waals surface area contributed by atoms with E-state index in [0.717, 1.165) is 12.8 Å². The number of ether oxygens (including phenoxy) is 1. The van der Waals surface area contributed by atoms with E-state index in [9.17, 15) is 14.9 Å². The SMILES string of the molecule is CC(=O)CCCCOc1ccc([N+](=O)[O-])c(C)c1. The van der Waals surface area contributed by atoms with Crippen LogP contribution in [0.25, 0.3) is 0 Å². The number of hydrogen-bond donors (Lipinski definition) is 0. The largest absolute Gasteiger partial charge is 0.494 e. The summed E-state index contributed by atoms with van der Waals surface area (Å²) in [6.45, 7) is 3.77. The average molecular weight is 251 g/mol. The molecule has 5 nitrogen and oxygen atoms in total. The molecule has 0 amide bonds. The molecule has 0 aliphatic carbocycles. The Morgan fingerprint density at radius 1 is 1.39 bits per heavy atom. The van der Waals surface area contributed by atoms with Crippen molar-refractivity contribution in [1.82, 2.24) is 0 Å². The highest BCUT2D eigenvalue weighted by Gasteiger charge is 2.10. The number of benzene rings is 1. The number of ketones is 1. The fraction of sp³-hybridized carbons (Fsp3) is 0.462. The Hall–Kier alpha value is -1.91. The monoisotopic (exact) mass is 251 g/mol. The normalized spacial score (nSPS) is 10.1. The van der Waals surface area contributed by atoms with Gasteiger partial charge in [0, 0.05) is 18.1 Å². The van der Waals surface area contributed by atoms with Crippen molar-refractivity contribution in [3.05, 3.63) is 33.9 Å². The summed E-state index contributed by atoms with van der Waals surface area (Å²) in [7, 11) is 0. The third-order valence-corrected chi connectivity index (χ3v) is 2.56. The summed E-state index contributed by atoms with van der Waals surface area (Å²) in [5, 5.41) is 10.6. The van der Waals surface area contributed by atoms with E-state index in [1.54, 1.807) is 26.0 Å². The molecule has 0 bridgehead atoms. The van der Waals surface area contributed by atoms with Crippen molar-refractivity contribution in [2.75, 3.05) is 6.61 Å². The lowest BCUT2D eigenvalue weighted by Gasteiger charge is -2.06. The summed E-state index contributed by atoms with van der Waals surface area (Å²) in [5.74, 6) is 0.808. The third kappa shape index (κ3) is 4.53. The first-order valence-corrected chi connectivity index (χ1v) is 5.88. The Morgan fingerprint density at radius 2 is 2.11 bits per heavy atom. The van der Waals surface area contributed by atoms with Crippen LogP contribution in [0.5, 0.6) is 5.75 Å². The van der Waals surface area contributed by atoms with E-state index in [0.29, 0.717) is 24.3 Å². The van der Waals surface area contributed by atoms with Crippen molar-refractivity contribution in [1.29, 1.82) is 0 Å². The Bertz CT molecular complexity index is 443. The number of nitro groups is 1. The summed E-state index contributed by atoms with van der Waals surface area (Å²) in [5.41, 5.74) is 0.681. The Labute approximate surface area is 106 Å². The van der Waals surface area contributed by atoms with Crippen LogP contribution in [0, 0.1) is 17.0 Å². The number of rotatable bonds is 7. The molecule has 0 N–H and O–H groups in total. The van der Waals surface area contributed by atoms with Gasteiger partial charge in [0.1, 0.15) is 11.5 Å². The molecular weight excluding hydrogens is 234 g/mol. The van der Waals surface area contributed by atoms with E-state index in [1.807, 2.05) is 0 Å². The van der Waals surface area contributed by atoms with E-state index in [1.165, 1.54) is 6.07 Å². The van der Waals surface area contributed by atoms with E-state index >= 15 is 0 Å². The molecular formula is C13H17NO4. The van der Waals surface area contributed by atoms with Gasteiger partial charge >= 0.3 is 0 Å². The molecule has 0 aliphatic rings. The number of carbonyl (C=O) groups excluding carboxylic acids is 1. The van der Waals surface area contributed by atoms with Crippen LogP contribution >= 0.6 is 0 Å². The molecule has 0 fully saturated rings. The van der Waals surface area contributed by atoms with Crippen LogP contribution in [-0.2, 0) is 4.79 Å². The highest BCUT2D eigenvalue weighted by atomic mass is 16.6. The molecule has 18 heavy (non-hydrogen) atoms. The summed E-state index contributed by atoms with van der Waals surface area (Å²) in [4.78, 5) is 20.9. The highest BCUT2D eigenvalue weighted by Crippen LogP contribution is 2.23. The van der Waals surface area contributed by atoms with Gasteiger partial charge in [-0.05, 0) is 38.8 Å². The molecule has 98 valence electrons. The molecule has 0 atom stereocenters. The van der Waals surface area contributed by atoms with Gasteiger partial charge in [-0.1, -0.05) is 0 Å². The first-order valence-electron chi connectivity index (χ1n) is 5.88. The van der Waals surface area contributed by atoms with Crippen molar-refractivity contribution in [3.63, 3.8) is 0 Å². The molecule has 0 aromatic heterocycles. The summed E-state index contributed by atoms with van der Waals surface area (Å²) in [6, 6.07) is 4.69. The minimum Gasteiger partial charge on any atom is -0.494 e. The van der Waals surface area contributed by atoms with Crippen LogP contribution in [-0.4, -0.2) is 17.3 Å². The number of nitrogens with zero attached hydrogens (tertiary/aromatic N) is 1. The number of Topliss-reactive ketones (excluding diaryl/α,β-unsaturated/α-hetero) is 1. The second-order valence-corrected chi connectivity index (χ2v) is 4.21. The van der Waals surface area contributed by atoms with Gasteiger partial charge in [-0.25, -0.2) is 0 Å². The maximum atomic E-state index is 10.7. The number of unbranched alkanes of at least 4 members (excludes halogenated alkanes) is 1. The quantitative estimate of drug-likeness (QED) is 0.424. The van der Waals surface area contributed by atoms with Gasteiger partial charge in [0.2, 0.25) is 0 Å². The maximum absolute atomic E-state index is 10.7. The van der Waals surface area contributed by atoms with Crippen LogP contribution in [0.3, 0.4) is 0 Å². The van der Waals surface area contributed by atoms with Gasteiger partial charge in [0.25, 0.3) is 5.69 Å². The van der Waals surface area contributed by atoms with Crippen LogP contribution in [0.1, 0.15) is 31.7 Å². The van der Waals surface area contributed by atoms with Crippen molar-refractivity contribution in [2.24, 2.45) is 0 Å². The smallest absolute Gasteiger partial charge is 0.272 e. The first-order chi connectivity index (χ1) is 8.50. The number of nitro benzene ring substituents is 1. The standard InChI is InChI=1S/C13H17NO4/c1-10-9-12(6-7-13(10)14(16)17)18-8-4-3-5-11(2)15/h6-7,9H,3-5,8H2,1-2H3. The fourth-order valence-electron chi connectivity index (χ4n) is 1.59. The third-order valence-electron chi connectivity index (χ3n) is 2.56. The second kappa shape index (κ2) is 6.74. The van der Waals surface area contributed by atoms with E-state index < -0.39 is 4.92 Å². The Kier molecular flexibility index (Phi) is 5.30. The number of aryl methyl sites for hydroxylation is 1. The summed E-state index contributed by atoms with van der Waals surface area (Å²) in [6.07, 6.45) is 2.18. The topological polar surface area (TPSA) is 69.4 Å². The summed E-state index contributed by atoms with van der Waals surface area (Å²) < 4.78 is 5.47. The van der Waals surface area contributed by atoms with Gasteiger partial charge in [-0.2, -0.15) is 0 Å². The number of carbonyl (C=O) groups is 1. The highest BCUT2D eigenvalue weighted by molar-refractivity contribution is 5.75. The van der Waals surface area contributed by atoms with Gasteiger partial charge < -0.3 is 9.53 Å². The zero-order valence-corrected chi connectivity index (χ0v) is 10.6. The molecule has 0 spiro atoms. The van der Waals surface area contributed by atoms with E-state index in [2.05, 4.69) is 0 Å². The maximum Gasteiger partial charge on any atom is 0.272 e. The number of hydrogen-bond acceptors (Lipinski definition) is 4. The summed E-state index contributed by atoms with van der Waals surface area (Å²) >= 11 is 0. The zero-order valence-electron chi connectivity index (χ0n) is 10.6. The van der Waals surface area contributed by atoms with Crippen molar-refractivity contribution >= 4 is 11.5 Å². The second-order valence-electron chi connectivity index (χ2n) is 4.21. The van der Waals surface area contributed by atoms with Crippen LogP contribution < -0.4 is 4.74 Å². The van der Waals surface area contributed by atoms with Gasteiger partial charge in [0.15, 0.2) is 0 Å². The molecule has 0 saturated heterocycles. The minimum absolute atomic E-state index is 0.0962. The van der Waals surface area contributed by atoms with Gasteiger partial charge in [0.05, 0.1) is 11.5 Å². The van der Waals surface area contributed by atoms with Gasteiger partial charge in [-0.3, -0.25) is 10.1 Å². The molecule has 1 aromatic rings. The van der Waals surface area contributed by atoms with Crippen LogP contribution in [0.2, 0.25) is 0 Å². The van der Waals surface area contributed by atoms with Crippen molar-refractivity contribution in [2.45, 2.75) is 33.1 Å². The Morgan fingerprint density at radius 3 is 2.67 bits per heavy atom. The molecule has 0 unspecified atom stereocenters. The minimum atomic E-state index is -0.411. The lowest BCUT2D eigenvalue weighted by Crippen LogP contribution is -2.00. The van der Waals surface area contributed by atoms with Crippen LogP contribution in [0.15, 0.2) is 18.2 Å². The fourth-order valence-corrected chi connectivity index (χ4v) is 1.59. The molecule has 0 aliphatic heterocycles. The molecule has 5 heteroatoms. The van der Waals surface area contributed by atoms with E-state index in [4.69, 9.17) is 4.74 Å². The predicted octanol–water partition coefficient (Wildman–Crippen LogP) is 3.04. The molecule has 0 radical (unpaired) electrons. The average Bonchev–Trinajstić information content (AvgIpc) is 2.27. The van der Waals surface area contributed by atoms with Crippen LogP contribution in [0.4, 0.5) is 5.69 Å². The molecule has 0 heterocycles. The molecule has 1 rings (SSSR count). The van der Waals surface area contributed by atoms with E-state index in [-0.39, 0.29) is 11.5 Å². The van der Waals surface area contributed by atoms with Crippen molar-refractivity contribution in [3.8, 4) is 5.75 Å². The molecule has 1 aromatic carbocycles. The lowest BCUT2D eigenvalue weighted by molar-refractivity contribution is -0.385. The predicted molar refractivity (Wildman–Crippen MR) is 67.9 cm³/mol. The Balaban J connectivity index is 2.42. The first kappa shape index (κ1) is 14.2. The molecule has 0 saturated carbocycles. The van der Waals surface area contributed by atoms with Gasteiger partial charge in [-0.15, -0.1) is 0 Å². The van der Waals surface area contributed by atoms with Crippen molar-refractivity contribution < 1.29 is 14.5 Å². The lowest BCUT2D eigenvalue weighted by atomic mass is 10.2. The zero-order chi connectivity index (χ0) is 13.5.